The standard InChI is InChI=1S/C5H5Cl/c1-2-3-4-5-6/h2H,1,5H2. The Balaban J connectivity index is 3.13. The molecular formula is C5H5Cl. The maximum Gasteiger partial charge on any atom is 0.0838 e. The lowest BCUT2D eigenvalue weighted by Gasteiger charge is -1.58. The molecule has 0 aromatic heterocycles. The molecule has 32 valence electrons. The second-order valence-corrected chi connectivity index (χ2v) is 0.926. The van der Waals surface area contributed by atoms with E-state index in [1.807, 2.05) is 0 Å². The van der Waals surface area contributed by atoms with Gasteiger partial charge in [0.2, 0.25) is 0 Å². The van der Waals surface area contributed by atoms with Gasteiger partial charge in [0.05, 0.1) is 5.88 Å². The summed E-state index contributed by atoms with van der Waals surface area (Å²) in [4.78, 5) is 0. The topological polar surface area (TPSA) is 0 Å². The average molecular weight is 101 g/mol. The van der Waals surface area contributed by atoms with Gasteiger partial charge < -0.3 is 0 Å². The fraction of sp³-hybridized carbons (Fsp3) is 0.200. The Bertz CT molecular complexity index is 83.8. The molecule has 6 heavy (non-hydrogen) atoms. The van der Waals surface area contributed by atoms with Crippen molar-refractivity contribution in [1.29, 1.82) is 0 Å². The molecule has 0 nitrogen and oxygen atoms in total. The van der Waals surface area contributed by atoms with Crippen molar-refractivity contribution in [3.05, 3.63) is 12.7 Å². The molecule has 0 saturated heterocycles. The van der Waals surface area contributed by atoms with Crippen LogP contribution in [0.5, 0.6) is 0 Å². The monoisotopic (exact) mass is 100 g/mol. The zero-order chi connectivity index (χ0) is 4.83. The van der Waals surface area contributed by atoms with Crippen LogP contribution in [0, 0.1) is 11.8 Å². The van der Waals surface area contributed by atoms with E-state index < -0.39 is 0 Å². The summed E-state index contributed by atoms with van der Waals surface area (Å²) in [5, 5.41) is 0. The zero-order valence-electron chi connectivity index (χ0n) is 3.37. The number of rotatable bonds is 0. The minimum atomic E-state index is 0.395. The first-order valence-electron chi connectivity index (χ1n) is 1.57. The van der Waals surface area contributed by atoms with Gasteiger partial charge in [-0.25, -0.2) is 0 Å². The van der Waals surface area contributed by atoms with Crippen LogP contribution in [0.1, 0.15) is 0 Å². The van der Waals surface area contributed by atoms with Crippen LogP contribution in [0.2, 0.25) is 0 Å². The van der Waals surface area contributed by atoms with Crippen molar-refractivity contribution >= 4 is 11.6 Å². The van der Waals surface area contributed by atoms with Crippen LogP contribution in [0.15, 0.2) is 12.7 Å². The van der Waals surface area contributed by atoms with Crippen molar-refractivity contribution in [2.75, 3.05) is 5.88 Å². The summed E-state index contributed by atoms with van der Waals surface area (Å²) >= 11 is 5.16. The zero-order valence-corrected chi connectivity index (χ0v) is 4.13. The molecule has 0 aliphatic carbocycles. The minimum Gasteiger partial charge on any atom is -0.113 e. The van der Waals surface area contributed by atoms with Crippen LogP contribution in [0.25, 0.3) is 0 Å². The van der Waals surface area contributed by atoms with Gasteiger partial charge in [0.1, 0.15) is 0 Å². The molecule has 0 aromatic rings. The van der Waals surface area contributed by atoms with Gasteiger partial charge in [0.15, 0.2) is 0 Å². The van der Waals surface area contributed by atoms with E-state index in [4.69, 9.17) is 11.6 Å². The maximum absolute atomic E-state index is 5.16. The fourth-order valence-corrected chi connectivity index (χ4v) is 0.188. The van der Waals surface area contributed by atoms with Gasteiger partial charge in [-0.15, -0.1) is 11.6 Å². The molecular weight excluding hydrogens is 95.5 g/mol. The third kappa shape index (κ3) is 3.59. The normalized spacial score (nSPS) is 5.50. The highest BCUT2D eigenvalue weighted by atomic mass is 35.5. The molecule has 0 heterocycles. The molecule has 0 N–H and O–H groups in total. The van der Waals surface area contributed by atoms with Gasteiger partial charge in [0, 0.05) is 0 Å². The lowest BCUT2D eigenvalue weighted by Crippen LogP contribution is -1.54. The second kappa shape index (κ2) is 4.59. The smallest absolute Gasteiger partial charge is 0.0838 e. The molecule has 0 rings (SSSR count). The van der Waals surface area contributed by atoms with Crippen molar-refractivity contribution in [1.82, 2.24) is 0 Å². The first-order chi connectivity index (χ1) is 2.91. The van der Waals surface area contributed by atoms with Gasteiger partial charge in [0.25, 0.3) is 0 Å². The van der Waals surface area contributed by atoms with Gasteiger partial charge >= 0.3 is 0 Å². The van der Waals surface area contributed by atoms with Crippen LogP contribution in [0.3, 0.4) is 0 Å². The van der Waals surface area contributed by atoms with Crippen LogP contribution in [0.4, 0.5) is 0 Å². The highest BCUT2D eigenvalue weighted by molar-refractivity contribution is 6.19. The van der Waals surface area contributed by atoms with Gasteiger partial charge in [-0.2, -0.15) is 0 Å². The number of allylic oxidation sites excluding steroid dienone is 1. The van der Waals surface area contributed by atoms with Crippen LogP contribution in [-0.2, 0) is 0 Å². The second-order valence-electron chi connectivity index (χ2n) is 0.659. The predicted octanol–water partition coefficient (Wildman–Crippen LogP) is 1.41. The molecule has 0 bridgehead atoms. The Morgan fingerprint density at radius 1 is 1.83 bits per heavy atom. The van der Waals surface area contributed by atoms with Crippen molar-refractivity contribution in [3.63, 3.8) is 0 Å². The molecule has 0 saturated carbocycles. The number of hydrogen-bond acceptors (Lipinski definition) is 0. The first kappa shape index (κ1) is 5.59. The summed E-state index contributed by atoms with van der Waals surface area (Å²) in [6, 6.07) is 0. The molecule has 0 unspecified atom stereocenters. The summed E-state index contributed by atoms with van der Waals surface area (Å²) < 4.78 is 0. The summed E-state index contributed by atoms with van der Waals surface area (Å²) in [7, 11) is 0. The Hall–Kier alpha value is -0.410. The van der Waals surface area contributed by atoms with Crippen molar-refractivity contribution in [2.45, 2.75) is 0 Å². The van der Waals surface area contributed by atoms with Crippen LogP contribution in [-0.4, -0.2) is 5.88 Å². The molecule has 0 amide bonds. The molecule has 1 heteroatoms. The number of alkyl halides is 1. The van der Waals surface area contributed by atoms with Gasteiger partial charge in [-0.1, -0.05) is 18.4 Å². The lowest BCUT2D eigenvalue weighted by atomic mass is 10.6. The molecule has 0 radical (unpaired) electrons. The van der Waals surface area contributed by atoms with E-state index in [0.29, 0.717) is 5.88 Å². The number of hydrogen-bond donors (Lipinski definition) is 0. The van der Waals surface area contributed by atoms with E-state index in [1.54, 1.807) is 0 Å². The van der Waals surface area contributed by atoms with Crippen molar-refractivity contribution < 1.29 is 0 Å². The molecule has 0 aliphatic heterocycles. The highest BCUT2D eigenvalue weighted by Gasteiger charge is 1.53. The minimum absolute atomic E-state index is 0.395. The van der Waals surface area contributed by atoms with Crippen LogP contribution >= 0.6 is 11.6 Å². The molecule has 0 aliphatic rings. The van der Waals surface area contributed by atoms with E-state index >= 15 is 0 Å². The van der Waals surface area contributed by atoms with E-state index in [1.165, 1.54) is 6.08 Å². The Morgan fingerprint density at radius 3 is 2.67 bits per heavy atom. The summed E-state index contributed by atoms with van der Waals surface area (Å²) in [5.41, 5.74) is 0. The first-order valence-corrected chi connectivity index (χ1v) is 2.10. The van der Waals surface area contributed by atoms with Gasteiger partial charge in [-0.05, 0) is 6.08 Å². The third-order valence-corrected chi connectivity index (χ3v) is 0.405. The Morgan fingerprint density at radius 2 is 2.50 bits per heavy atom. The van der Waals surface area contributed by atoms with E-state index in [0.717, 1.165) is 0 Å². The molecule has 0 atom stereocenters. The van der Waals surface area contributed by atoms with Crippen molar-refractivity contribution in [3.8, 4) is 11.8 Å². The summed E-state index contributed by atoms with van der Waals surface area (Å²) in [6.45, 7) is 3.37. The van der Waals surface area contributed by atoms with Crippen LogP contribution < -0.4 is 0 Å². The fourth-order valence-electron chi connectivity index (χ4n) is 0.111. The third-order valence-electron chi connectivity index (χ3n) is 0.271. The van der Waals surface area contributed by atoms with E-state index in [-0.39, 0.29) is 0 Å². The lowest BCUT2D eigenvalue weighted by molar-refractivity contribution is 1.91. The van der Waals surface area contributed by atoms with Gasteiger partial charge in [-0.3, -0.25) is 0 Å². The molecule has 0 fully saturated rings. The SMILES string of the molecule is C=CC#CCCl. The Labute approximate surface area is 42.8 Å². The quantitative estimate of drug-likeness (QED) is 0.319. The highest BCUT2D eigenvalue weighted by Crippen LogP contribution is 1.65. The molecule has 0 spiro atoms. The van der Waals surface area contributed by atoms with E-state index in [2.05, 4.69) is 18.4 Å². The number of halogens is 1. The average Bonchev–Trinajstić information content (AvgIpc) is 1.61. The molecule has 0 aromatic carbocycles. The van der Waals surface area contributed by atoms with E-state index in [9.17, 15) is 0 Å². The summed E-state index contributed by atoms with van der Waals surface area (Å²) in [6.07, 6.45) is 1.52. The largest absolute Gasteiger partial charge is 0.113 e. The van der Waals surface area contributed by atoms with Crippen molar-refractivity contribution in [2.24, 2.45) is 0 Å². The maximum atomic E-state index is 5.16. The summed E-state index contributed by atoms with van der Waals surface area (Å²) in [5.74, 6) is 5.57. The Kier molecular flexibility index (Phi) is 4.28. The predicted molar refractivity (Wildman–Crippen MR) is 28.7 cm³/mol.